The lowest BCUT2D eigenvalue weighted by molar-refractivity contribution is -0.117. The van der Waals surface area contributed by atoms with E-state index in [-0.39, 0.29) is 12.5 Å². The summed E-state index contributed by atoms with van der Waals surface area (Å²) >= 11 is 0. The van der Waals surface area contributed by atoms with Crippen LogP contribution in [-0.2, 0) is 4.79 Å². The molecule has 1 atom stereocenters. The number of nitrogens with zero attached hydrogens (tertiary/aromatic N) is 1. The first-order valence-electron chi connectivity index (χ1n) is 7.27. The molecule has 0 aliphatic heterocycles. The van der Waals surface area contributed by atoms with Gasteiger partial charge in [-0.25, -0.2) is 0 Å². The lowest BCUT2D eigenvalue weighted by Crippen LogP contribution is -2.35. The van der Waals surface area contributed by atoms with E-state index >= 15 is 0 Å². The van der Waals surface area contributed by atoms with Crippen molar-refractivity contribution in [2.24, 2.45) is 0 Å². The molecule has 0 spiro atoms. The topological polar surface area (TPSA) is 52.6 Å². The molecule has 0 saturated carbocycles. The van der Waals surface area contributed by atoms with Gasteiger partial charge >= 0.3 is 0 Å². The minimum absolute atomic E-state index is 0.0641. The number of amides is 1. The number of aliphatic hydroxyl groups is 1. The smallest absolute Gasteiger partial charge is 0.238 e. The van der Waals surface area contributed by atoms with E-state index in [1.165, 1.54) is 0 Å². The Labute approximate surface area is 127 Å². The number of anilines is 1. The summed E-state index contributed by atoms with van der Waals surface area (Å²) in [5.74, 6) is -0.0641. The van der Waals surface area contributed by atoms with Gasteiger partial charge in [0.1, 0.15) is 0 Å². The van der Waals surface area contributed by atoms with Crippen LogP contribution in [0.5, 0.6) is 0 Å². The van der Waals surface area contributed by atoms with Crippen LogP contribution in [0.1, 0.15) is 24.0 Å². The van der Waals surface area contributed by atoms with E-state index in [2.05, 4.69) is 11.9 Å². The number of aliphatic hydroxyl groups excluding tert-OH is 1. The zero-order valence-corrected chi connectivity index (χ0v) is 13.2. The molecule has 1 aromatic carbocycles. The number of carbonyl (C=O) groups excluding carboxylic acids is 1. The van der Waals surface area contributed by atoms with Gasteiger partial charge in [0.15, 0.2) is 0 Å². The van der Waals surface area contributed by atoms with Gasteiger partial charge in [0.25, 0.3) is 0 Å². The zero-order chi connectivity index (χ0) is 15.8. The van der Waals surface area contributed by atoms with Crippen LogP contribution >= 0.6 is 0 Å². The SMILES string of the molecule is C=CCCC(O)CN(C)CC(=O)Nc1c(C)cccc1C. The molecule has 1 rings (SSSR count). The van der Waals surface area contributed by atoms with Gasteiger partial charge in [0.05, 0.1) is 12.6 Å². The van der Waals surface area contributed by atoms with Crippen LogP contribution in [0.25, 0.3) is 0 Å². The maximum absolute atomic E-state index is 12.1. The van der Waals surface area contributed by atoms with Gasteiger partial charge < -0.3 is 10.4 Å². The summed E-state index contributed by atoms with van der Waals surface area (Å²) in [6.07, 6.45) is 2.81. The normalized spacial score (nSPS) is 12.2. The van der Waals surface area contributed by atoms with Gasteiger partial charge in [-0.15, -0.1) is 6.58 Å². The number of carbonyl (C=O) groups is 1. The van der Waals surface area contributed by atoms with Crippen molar-refractivity contribution in [1.29, 1.82) is 0 Å². The quantitative estimate of drug-likeness (QED) is 0.723. The number of benzene rings is 1. The number of hydrogen-bond donors (Lipinski definition) is 2. The van der Waals surface area contributed by atoms with Crippen molar-refractivity contribution in [1.82, 2.24) is 4.90 Å². The Hall–Kier alpha value is -1.65. The number of likely N-dealkylation sites (N-methyl/N-ethyl adjacent to an activating group) is 1. The van der Waals surface area contributed by atoms with Crippen LogP contribution in [0.4, 0.5) is 5.69 Å². The highest BCUT2D eigenvalue weighted by atomic mass is 16.3. The Balaban J connectivity index is 2.48. The van der Waals surface area contributed by atoms with Crippen molar-refractivity contribution in [2.75, 3.05) is 25.5 Å². The zero-order valence-electron chi connectivity index (χ0n) is 13.2. The first-order chi connectivity index (χ1) is 9.93. The number of rotatable bonds is 8. The monoisotopic (exact) mass is 290 g/mol. The lowest BCUT2D eigenvalue weighted by Gasteiger charge is -2.20. The first kappa shape index (κ1) is 17.4. The van der Waals surface area contributed by atoms with Crippen molar-refractivity contribution < 1.29 is 9.90 Å². The maximum atomic E-state index is 12.1. The fourth-order valence-corrected chi connectivity index (χ4v) is 2.26. The number of hydrogen-bond acceptors (Lipinski definition) is 3. The number of aryl methyl sites for hydroxylation is 2. The Morgan fingerprint density at radius 1 is 1.43 bits per heavy atom. The summed E-state index contributed by atoms with van der Waals surface area (Å²) in [6, 6.07) is 5.93. The van der Waals surface area contributed by atoms with Gasteiger partial charge in [0.2, 0.25) is 5.91 Å². The molecule has 4 nitrogen and oxygen atoms in total. The Kier molecular flexibility index (Phi) is 7.12. The fraction of sp³-hybridized carbons (Fsp3) is 0.471. The van der Waals surface area contributed by atoms with Crippen LogP contribution in [0.3, 0.4) is 0 Å². The predicted octanol–water partition coefficient (Wildman–Crippen LogP) is 2.50. The highest BCUT2D eigenvalue weighted by Crippen LogP contribution is 2.19. The van der Waals surface area contributed by atoms with Gasteiger partial charge in [-0.05, 0) is 44.9 Å². The summed E-state index contributed by atoms with van der Waals surface area (Å²) < 4.78 is 0. The molecule has 116 valence electrons. The van der Waals surface area contributed by atoms with Gasteiger partial charge in [0, 0.05) is 12.2 Å². The highest BCUT2D eigenvalue weighted by molar-refractivity contribution is 5.93. The average Bonchev–Trinajstić information content (AvgIpc) is 2.40. The molecule has 21 heavy (non-hydrogen) atoms. The summed E-state index contributed by atoms with van der Waals surface area (Å²) in [5.41, 5.74) is 2.98. The first-order valence-corrected chi connectivity index (χ1v) is 7.27. The summed E-state index contributed by atoms with van der Waals surface area (Å²) in [5, 5.41) is 12.8. The Morgan fingerprint density at radius 2 is 2.05 bits per heavy atom. The Morgan fingerprint density at radius 3 is 2.62 bits per heavy atom. The Bertz CT molecular complexity index is 465. The van der Waals surface area contributed by atoms with Gasteiger partial charge in [-0.2, -0.15) is 0 Å². The standard InChI is InChI=1S/C17H26N2O2/c1-5-6-10-15(20)11-19(4)12-16(21)18-17-13(2)8-7-9-14(17)3/h5,7-9,15,20H,1,6,10-12H2,2-4H3,(H,18,21). The van der Waals surface area contributed by atoms with E-state index in [0.29, 0.717) is 13.0 Å². The second-order valence-corrected chi connectivity index (χ2v) is 5.53. The van der Waals surface area contributed by atoms with Crippen molar-refractivity contribution >= 4 is 11.6 Å². The molecule has 0 saturated heterocycles. The molecule has 0 radical (unpaired) electrons. The van der Waals surface area contributed by atoms with Gasteiger partial charge in [-0.3, -0.25) is 9.69 Å². The second-order valence-electron chi connectivity index (χ2n) is 5.53. The number of nitrogens with one attached hydrogen (secondary N) is 1. The lowest BCUT2D eigenvalue weighted by atomic mass is 10.1. The summed E-state index contributed by atoms with van der Waals surface area (Å²) in [6.45, 7) is 8.33. The van der Waals surface area contributed by atoms with Crippen molar-refractivity contribution in [3.8, 4) is 0 Å². The van der Waals surface area contributed by atoms with E-state index in [0.717, 1.165) is 23.2 Å². The molecule has 2 N–H and O–H groups in total. The van der Waals surface area contributed by atoms with E-state index in [9.17, 15) is 9.90 Å². The minimum atomic E-state index is -0.430. The van der Waals surface area contributed by atoms with E-state index in [4.69, 9.17) is 0 Å². The van der Waals surface area contributed by atoms with Crippen LogP contribution in [0.15, 0.2) is 30.9 Å². The molecule has 4 heteroatoms. The van der Waals surface area contributed by atoms with E-state index < -0.39 is 6.10 Å². The predicted molar refractivity (Wildman–Crippen MR) is 87.5 cm³/mol. The van der Waals surface area contributed by atoms with Crippen LogP contribution in [0, 0.1) is 13.8 Å². The van der Waals surface area contributed by atoms with Crippen LogP contribution in [0.2, 0.25) is 0 Å². The fourth-order valence-electron chi connectivity index (χ4n) is 2.26. The van der Waals surface area contributed by atoms with Gasteiger partial charge in [-0.1, -0.05) is 24.3 Å². The third kappa shape index (κ3) is 6.10. The van der Waals surface area contributed by atoms with Crippen molar-refractivity contribution in [2.45, 2.75) is 32.8 Å². The second kappa shape index (κ2) is 8.60. The molecule has 0 bridgehead atoms. The molecule has 0 aliphatic rings. The molecule has 0 heterocycles. The molecule has 1 unspecified atom stereocenters. The van der Waals surface area contributed by atoms with Crippen molar-refractivity contribution in [3.05, 3.63) is 42.0 Å². The molecule has 0 fully saturated rings. The summed E-state index contributed by atoms with van der Waals surface area (Å²) in [7, 11) is 1.83. The number of allylic oxidation sites excluding steroid dienone is 1. The minimum Gasteiger partial charge on any atom is -0.392 e. The molecule has 1 amide bonds. The molecule has 1 aromatic rings. The highest BCUT2D eigenvalue weighted by Gasteiger charge is 2.12. The third-order valence-corrected chi connectivity index (χ3v) is 3.39. The molecular weight excluding hydrogens is 264 g/mol. The number of para-hydroxylation sites is 1. The maximum Gasteiger partial charge on any atom is 0.238 e. The average molecular weight is 290 g/mol. The summed E-state index contributed by atoms with van der Waals surface area (Å²) in [4.78, 5) is 13.9. The van der Waals surface area contributed by atoms with Crippen molar-refractivity contribution in [3.63, 3.8) is 0 Å². The molecule has 0 aliphatic carbocycles. The van der Waals surface area contributed by atoms with E-state index in [1.807, 2.05) is 44.0 Å². The van der Waals surface area contributed by atoms with Crippen LogP contribution < -0.4 is 5.32 Å². The van der Waals surface area contributed by atoms with Crippen LogP contribution in [-0.4, -0.2) is 42.2 Å². The molecular formula is C17H26N2O2. The van der Waals surface area contributed by atoms with E-state index in [1.54, 1.807) is 6.08 Å². The third-order valence-electron chi connectivity index (χ3n) is 3.39. The molecule has 0 aromatic heterocycles. The largest absolute Gasteiger partial charge is 0.392 e.